The van der Waals surface area contributed by atoms with E-state index in [-0.39, 0.29) is 41.4 Å². The lowest BCUT2D eigenvalue weighted by Crippen LogP contribution is -2.61. The van der Waals surface area contributed by atoms with Crippen LogP contribution in [0.3, 0.4) is 0 Å². The van der Waals surface area contributed by atoms with Gasteiger partial charge in [0.25, 0.3) is 0 Å². The number of aliphatic hydroxyl groups excluding tert-OH is 2. The number of Topliss-reactive ketones (excluding diaryl/α,β-unsaturated/α-hetero) is 2. The maximum absolute atomic E-state index is 12.2. The maximum atomic E-state index is 12.2. The fraction of sp³-hybridized carbons (Fsp3) is 0.875. The van der Waals surface area contributed by atoms with Gasteiger partial charge in [0.05, 0.1) is 0 Å². The second-order valence-electron chi connectivity index (χ2n) is 7.11. The molecule has 0 saturated carbocycles. The fourth-order valence-corrected chi connectivity index (χ4v) is 3.11. The molecule has 4 N–H and O–H groups in total. The van der Waals surface area contributed by atoms with Gasteiger partial charge >= 0.3 is 0 Å². The molecule has 2 heterocycles. The van der Waals surface area contributed by atoms with Gasteiger partial charge in [-0.05, 0) is 12.8 Å². The van der Waals surface area contributed by atoms with Crippen LogP contribution in [0.4, 0.5) is 0 Å². The fourth-order valence-electron chi connectivity index (χ4n) is 3.11. The standard InChI is InChI=1S/C16H28N2O4/c1-8(2)13(19)16(22)12-5-11(18-12)4-9(3)14(20)15(21)10-6-17-7-10/h8-12,15-18,21-22H,4-7H2,1-3H3. The summed E-state index contributed by atoms with van der Waals surface area (Å²) in [6.45, 7) is 6.79. The summed E-state index contributed by atoms with van der Waals surface area (Å²) in [6.07, 6.45) is -0.512. The molecule has 2 saturated heterocycles. The average Bonchev–Trinajstić information content (AvgIpc) is 2.37. The molecule has 2 fully saturated rings. The number of carbonyl (C=O) groups is 2. The summed E-state index contributed by atoms with van der Waals surface area (Å²) in [6, 6.07) is -0.0757. The van der Waals surface area contributed by atoms with Gasteiger partial charge in [0.1, 0.15) is 12.2 Å². The van der Waals surface area contributed by atoms with Crippen LogP contribution in [-0.2, 0) is 9.59 Å². The largest absolute Gasteiger partial charge is 0.385 e. The monoisotopic (exact) mass is 312 g/mol. The Morgan fingerprint density at radius 2 is 1.68 bits per heavy atom. The van der Waals surface area contributed by atoms with Gasteiger partial charge in [0.2, 0.25) is 0 Å². The summed E-state index contributed by atoms with van der Waals surface area (Å²) in [5, 5.41) is 26.2. The SMILES string of the molecule is CC(C)C(=O)C(O)C1CC(CC(C)C(=O)C(O)C2CNC2)N1. The summed E-state index contributed by atoms with van der Waals surface area (Å²) in [5.41, 5.74) is 0. The van der Waals surface area contributed by atoms with Crippen molar-refractivity contribution in [1.29, 1.82) is 0 Å². The van der Waals surface area contributed by atoms with E-state index >= 15 is 0 Å². The van der Waals surface area contributed by atoms with Crippen molar-refractivity contribution in [1.82, 2.24) is 10.6 Å². The van der Waals surface area contributed by atoms with Crippen LogP contribution in [0.15, 0.2) is 0 Å². The van der Waals surface area contributed by atoms with Crippen molar-refractivity contribution in [2.45, 2.75) is 57.9 Å². The van der Waals surface area contributed by atoms with Crippen molar-refractivity contribution < 1.29 is 19.8 Å². The first-order chi connectivity index (χ1) is 10.3. The second kappa shape index (κ2) is 7.17. The van der Waals surface area contributed by atoms with E-state index in [9.17, 15) is 19.8 Å². The van der Waals surface area contributed by atoms with Crippen molar-refractivity contribution in [3.8, 4) is 0 Å². The number of hydrogen-bond acceptors (Lipinski definition) is 6. The van der Waals surface area contributed by atoms with E-state index in [1.54, 1.807) is 13.8 Å². The first-order valence-corrected chi connectivity index (χ1v) is 8.21. The molecule has 2 aliphatic heterocycles. The minimum atomic E-state index is -0.964. The molecule has 22 heavy (non-hydrogen) atoms. The number of rotatable bonds is 8. The van der Waals surface area contributed by atoms with Crippen molar-refractivity contribution in [3.05, 3.63) is 0 Å². The topological polar surface area (TPSA) is 98.7 Å². The third-order valence-corrected chi connectivity index (χ3v) is 4.90. The van der Waals surface area contributed by atoms with E-state index in [0.717, 1.165) is 0 Å². The van der Waals surface area contributed by atoms with E-state index in [2.05, 4.69) is 10.6 Å². The van der Waals surface area contributed by atoms with Crippen molar-refractivity contribution in [2.24, 2.45) is 17.8 Å². The van der Waals surface area contributed by atoms with Gasteiger partial charge in [0.15, 0.2) is 11.6 Å². The number of hydrogen-bond donors (Lipinski definition) is 4. The summed E-state index contributed by atoms with van der Waals surface area (Å²) in [7, 11) is 0. The van der Waals surface area contributed by atoms with Crippen LogP contribution in [0.5, 0.6) is 0 Å². The molecule has 5 unspecified atom stereocenters. The zero-order chi connectivity index (χ0) is 16.4. The Morgan fingerprint density at radius 3 is 2.14 bits per heavy atom. The molecule has 0 aromatic heterocycles. The van der Waals surface area contributed by atoms with Crippen LogP contribution in [0.2, 0.25) is 0 Å². The van der Waals surface area contributed by atoms with Crippen LogP contribution in [0, 0.1) is 17.8 Å². The second-order valence-corrected chi connectivity index (χ2v) is 7.11. The van der Waals surface area contributed by atoms with Crippen molar-refractivity contribution in [3.63, 3.8) is 0 Å². The van der Waals surface area contributed by atoms with Gasteiger partial charge in [-0.2, -0.15) is 0 Å². The number of aliphatic hydroxyl groups is 2. The molecular weight excluding hydrogens is 284 g/mol. The zero-order valence-corrected chi connectivity index (χ0v) is 13.6. The number of nitrogens with one attached hydrogen (secondary N) is 2. The Hall–Kier alpha value is -0.820. The Kier molecular flexibility index (Phi) is 5.71. The van der Waals surface area contributed by atoms with Crippen LogP contribution >= 0.6 is 0 Å². The molecule has 0 bridgehead atoms. The first kappa shape index (κ1) is 17.5. The molecule has 2 aliphatic rings. The summed E-state index contributed by atoms with van der Waals surface area (Å²) < 4.78 is 0. The van der Waals surface area contributed by atoms with Gasteiger partial charge in [-0.1, -0.05) is 20.8 Å². The Bertz CT molecular complexity index is 416. The Labute approximate surface area is 131 Å². The van der Waals surface area contributed by atoms with Crippen LogP contribution in [0.25, 0.3) is 0 Å². The first-order valence-electron chi connectivity index (χ1n) is 8.21. The molecular formula is C16H28N2O4. The van der Waals surface area contributed by atoms with E-state index < -0.39 is 12.2 Å². The number of ketones is 2. The normalized spacial score (nSPS) is 29.4. The predicted octanol–water partition coefficient (Wildman–Crippen LogP) is -0.521. The Morgan fingerprint density at radius 1 is 1.09 bits per heavy atom. The lowest BCUT2D eigenvalue weighted by molar-refractivity contribution is -0.136. The molecule has 0 aromatic carbocycles. The highest BCUT2D eigenvalue weighted by molar-refractivity contribution is 5.86. The quantitative estimate of drug-likeness (QED) is 0.481. The molecule has 0 radical (unpaired) electrons. The summed E-state index contributed by atoms with van der Waals surface area (Å²) in [4.78, 5) is 23.9. The molecule has 5 atom stereocenters. The highest BCUT2D eigenvalue weighted by Crippen LogP contribution is 2.25. The van der Waals surface area contributed by atoms with Crippen LogP contribution in [0.1, 0.15) is 33.6 Å². The van der Waals surface area contributed by atoms with Gasteiger partial charge in [-0.3, -0.25) is 9.59 Å². The van der Waals surface area contributed by atoms with Gasteiger partial charge in [0, 0.05) is 42.9 Å². The summed E-state index contributed by atoms with van der Waals surface area (Å²) in [5.74, 6) is -0.597. The van der Waals surface area contributed by atoms with Crippen molar-refractivity contribution >= 4 is 11.6 Å². The lowest BCUT2D eigenvalue weighted by Gasteiger charge is -2.41. The molecule has 0 aliphatic carbocycles. The van der Waals surface area contributed by atoms with E-state index in [1.807, 2.05) is 6.92 Å². The minimum absolute atomic E-state index is 0.0440. The van der Waals surface area contributed by atoms with Crippen LogP contribution in [-0.4, -0.2) is 59.2 Å². The predicted molar refractivity (Wildman–Crippen MR) is 82.3 cm³/mol. The van der Waals surface area contributed by atoms with E-state index in [0.29, 0.717) is 25.9 Å². The van der Waals surface area contributed by atoms with Gasteiger partial charge in [-0.25, -0.2) is 0 Å². The lowest BCUT2D eigenvalue weighted by atomic mass is 9.80. The number of carbonyl (C=O) groups excluding carboxylic acids is 2. The van der Waals surface area contributed by atoms with Gasteiger partial charge < -0.3 is 20.8 Å². The molecule has 0 aromatic rings. The minimum Gasteiger partial charge on any atom is -0.385 e. The molecule has 0 amide bonds. The third kappa shape index (κ3) is 3.74. The van der Waals surface area contributed by atoms with Crippen LogP contribution < -0.4 is 10.6 Å². The smallest absolute Gasteiger partial charge is 0.165 e. The molecule has 126 valence electrons. The van der Waals surface area contributed by atoms with Gasteiger partial charge in [-0.15, -0.1) is 0 Å². The Balaban J connectivity index is 1.72. The average molecular weight is 312 g/mol. The zero-order valence-electron chi connectivity index (χ0n) is 13.6. The maximum Gasteiger partial charge on any atom is 0.165 e. The van der Waals surface area contributed by atoms with Crippen molar-refractivity contribution in [2.75, 3.05) is 13.1 Å². The summed E-state index contributed by atoms with van der Waals surface area (Å²) >= 11 is 0. The molecule has 2 rings (SSSR count). The van der Waals surface area contributed by atoms with E-state index in [4.69, 9.17) is 0 Å². The molecule has 6 nitrogen and oxygen atoms in total. The molecule has 6 heteroatoms. The van der Waals surface area contributed by atoms with E-state index in [1.165, 1.54) is 0 Å². The highest BCUT2D eigenvalue weighted by Gasteiger charge is 2.40. The third-order valence-electron chi connectivity index (χ3n) is 4.90. The highest BCUT2D eigenvalue weighted by atomic mass is 16.3. The molecule has 0 spiro atoms.